The van der Waals surface area contributed by atoms with Crippen molar-refractivity contribution < 1.29 is 22.0 Å². The minimum absolute atomic E-state index is 0.0757. The third-order valence-corrected chi connectivity index (χ3v) is 7.67. The molecule has 0 spiro atoms. The first-order valence-corrected chi connectivity index (χ1v) is 14.4. The average molecular weight is 606 g/mol. The second kappa shape index (κ2) is 12.8. The van der Waals surface area contributed by atoms with Gasteiger partial charge in [0, 0.05) is 41.9 Å². The van der Waals surface area contributed by atoms with Crippen molar-refractivity contribution in [1.82, 2.24) is 40.0 Å². The highest BCUT2D eigenvalue weighted by molar-refractivity contribution is 7.89. The molecule has 2 aromatic carbocycles. The van der Waals surface area contributed by atoms with Gasteiger partial charge in [-0.3, -0.25) is 14.5 Å². The summed E-state index contributed by atoms with van der Waals surface area (Å²) in [4.78, 5) is 25.4. The highest BCUT2D eigenvalue weighted by Crippen LogP contribution is 2.22. The molecule has 0 aliphatic carbocycles. The minimum Gasteiger partial charge on any atom is -0.346 e. The first-order valence-electron chi connectivity index (χ1n) is 12.9. The van der Waals surface area contributed by atoms with Gasteiger partial charge >= 0.3 is 0 Å². The summed E-state index contributed by atoms with van der Waals surface area (Å²) in [5.74, 6) is -2.38. The largest absolute Gasteiger partial charge is 0.346 e. The van der Waals surface area contributed by atoms with Crippen LogP contribution in [0.4, 0.5) is 20.4 Å². The summed E-state index contributed by atoms with van der Waals surface area (Å²) in [6, 6.07) is 13.0. The summed E-state index contributed by atoms with van der Waals surface area (Å²) in [6.45, 7) is 2.00. The van der Waals surface area contributed by atoms with Crippen LogP contribution in [0.3, 0.4) is 0 Å². The minimum atomic E-state index is -4.05. The van der Waals surface area contributed by atoms with E-state index in [1.54, 1.807) is 49.1 Å². The quantitative estimate of drug-likeness (QED) is 0.205. The zero-order valence-electron chi connectivity index (χ0n) is 22.7. The van der Waals surface area contributed by atoms with Crippen molar-refractivity contribution in [3.63, 3.8) is 0 Å². The maximum Gasteiger partial charge on any atom is 0.251 e. The molecule has 3 N–H and O–H groups in total. The number of carbonyl (C=O) groups is 1. The lowest BCUT2D eigenvalue weighted by molar-refractivity contribution is 0.0950. The molecule has 0 saturated carbocycles. The maximum atomic E-state index is 13.4. The van der Waals surface area contributed by atoms with E-state index >= 15 is 0 Å². The number of sulfonamides is 1. The van der Waals surface area contributed by atoms with Gasteiger partial charge in [0.1, 0.15) is 5.69 Å². The third kappa shape index (κ3) is 7.38. The summed E-state index contributed by atoms with van der Waals surface area (Å²) >= 11 is 0. The topological polar surface area (TPSA) is 157 Å². The molecule has 12 nitrogen and oxygen atoms in total. The Kier molecular flexibility index (Phi) is 8.73. The molecular weight excluding hydrogens is 580 g/mol. The number of pyridine rings is 1. The monoisotopic (exact) mass is 605 g/mol. The van der Waals surface area contributed by atoms with Crippen LogP contribution in [-0.2, 0) is 23.1 Å². The summed E-state index contributed by atoms with van der Waals surface area (Å²) in [6.07, 6.45) is 6.59. The normalized spacial score (nSPS) is 11.3. The number of anilines is 2. The zero-order chi connectivity index (χ0) is 30.4. The van der Waals surface area contributed by atoms with Crippen LogP contribution >= 0.6 is 0 Å². The lowest BCUT2D eigenvalue weighted by Gasteiger charge is -2.11. The molecule has 43 heavy (non-hydrogen) atoms. The van der Waals surface area contributed by atoms with Gasteiger partial charge in [0.15, 0.2) is 11.6 Å². The summed E-state index contributed by atoms with van der Waals surface area (Å²) in [5.41, 5.74) is 3.94. The molecule has 3 heterocycles. The van der Waals surface area contributed by atoms with Gasteiger partial charge in [-0.15, -0.1) is 5.10 Å². The van der Waals surface area contributed by atoms with Crippen LogP contribution in [0, 0.1) is 18.6 Å². The number of hydrogen-bond donors (Lipinski definition) is 3. The highest BCUT2D eigenvalue weighted by atomic mass is 32.2. The molecular formula is C28H25F2N9O3S. The van der Waals surface area contributed by atoms with Crippen LogP contribution in [0.2, 0.25) is 0 Å². The van der Waals surface area contributed by atoms with Gasteiger partial charge in [-0.25, -0.2) is 31.9 Å². The van der Waals surface area contributed by atoms with Gasteiger partial charge in [-0.1, -0.05) is 11.3 Å². The molecule has 220 valence electrons. The van der Waals surface area contributed by atoms with E-state index in [2.05, 4.69) is 40.6 Å². The fourth-order valence-electron chi connectivity index (χ4n) is 3.94. The van der Waals surface area contributed by atoms with E-state index in [-0.39, 0.29) is 25.5 Å². The molecule has 0 atom stereocenters. The molecule has 0 fully saturated rings. The first kappa shape index (κ1) is 29.3. The average Bonchev–Trinajstić information content (AvgIpc) is 3.46. The SMILES string of the molecule is Cc1ccc(C(=O)NCc2cn(CCNS(=O)(=O)c3ccc(F)c(F)c3)nn2)cc1Nc1nccc(-c2cccnc2)n1. The number of rotatable bonds is 11. The molecule has 15 heteroatoms. The molecule has 5 rings (SSSR count). The Morgan fingerprint density at radius 1 is 1.02 bits per heavy atom. The summed E-state index contributed by atoms with van der Waals surface area (Å²) in [5, 5.41) is 13.9. The summed E-state index contributed by atoms with van der Waals surface area (Å²) in [7, 11) is -4.05. The van der Waals surface area contributed by atoms with Crippen LogP contribution in [0.5, 0.6) is 0 Å². The van der Waals surface area contributed by atoms with Crippen LogP contribution in [0.15, 0.2) is 84.3 Å². The zero-order valence-corrected chi connectivity index (χ0v) is 23.5. The Hall–Kier alpha value is -5.15. The molecule has 0 aliphatic rings. The lowest BCUT2D eigenvalue weighted by atomic mass is 10.1. The number of nitrogens with one attached hydrogen (secondary N) is 3. The van der Waals surface area contributed by atoms with Crippen molar-refractivity contribution in [1.29, 1.82) is 0 Å². The number of nitrogens with zero attached hydrogens (tertiary/aromatic N) is 6. The van der Waals surface area contributed by atoms with Crippen LogP contribution < -0.4 is 15.4 Å². The number of aryl methyl sites for hydroxylation is 1. The fraction of sp³-hybridized carbons (Fsp3) is 0.143. The van der Waals surface area contributed by atoms with E-state index in [1.165, 1.54) is 4.68 Å². The summed E-state index contributed by atoms with van der Waals surface area (Å²) < 4.78 is 54.8. The van der Waals surface area contributed by atoms with Crippen molar-refractivity contribution in [3.8, 4) is 11.3 Å². The van der Waals surface area contributed by atoms with Gasteiger partial charge in [0.05, 0.1) is 29.9 Å². The van der Waals surface area contributed by atoms with Crippen LogP contribution in [0.25, 0.3) is 11.3 Å². The number of aromatic nitrogens is 6. The number of halogens is 2. The van der Waals surface area contributed by atoms with Gasteiger partial charge in [-0.05, 0) is 61.0 Å². The predicted octanol–water partition coefficient (Wildman–Crippen LogP) is 3.37. The first-order chi connectivity index (χ1) is 20.7. The van der Waals surface area contributed by atoms with E-state index in [1.807, 2.05) is 19.1 Å². The van der Waals surface area contributed by atoms with E-state index in [4.69, 9.17) is 0 Å². The standard InChI is InChI=1S/C28H25F2N9O3S/c1-18-4-5-19(13-26(18)36-28-32-10-8-25(35-28)20-3-2-9-31-15-20)27(40)33-16-21-17-39(38-37-21)12-11-34-43(41,42)22-6-7-23(29)24(30)14-22/h2-10,13-15,17,34H,11-12,16H2,1H3,(H,33,40)(H,32,35,36). The van der Waals surface area contributed by atoms with Gasteiger partial charge in [0.25, 0.3) is 5.91 Å². The molecule has 0 aliphatic heterocycles. The van der Waals surface area contributed by atoms with Crippen molar-refractivity contribution in [2.24, 2.45) is 0 Å². The van der Waals surface area contributed by atoms with Crippen molar-refractivity contribution >= 4 is 27.6 Å². The predicted molar refractivity (Wildman–Crippen MR) is 152 cm³/mol. The fourth-order valence-corrected chi connectivity index (χ4v) is 4.97. The van der Waals surface area contributed by atoms with Gasteiger partial charge in [-0.2, -0.15) is 0 Å². The van der Waals surface area contributed by atoms with Crippen LogP contribution in [-0.4, -0.2) is 50.8 Å². The Balaban J connectivity index is 1.15. The number of benzene rings is 2. The maximum absolute atomic E-state index is 13.4. The van der Waals surface area contributed by atoms with E-state index < -0.39 is 26.6 Å². The van der Waals surface area contributed by atoms with Crippen molar-refractivity contribution in [3.05, 3.63) is 108 Å². The second-order valence-electron chi connectivity index (χ2n) is 9.29. The Morgan fingerprint density at radius 3 is 2.67 bits per heavy atom. The molecule has 1 amide bonds. The van der Waals surface area contributed by atoms with E-state index in [9.17, 15) is 22.0 Å². The van der Waals surface area contributed by atoms with Crippen LogP contribution in [0.1, 0.15) is 21.6 Å². The Bertz CT molecular complexity index is 1870. The van der Waals surface area contributed by atoms with Gasteiger partial charge in [0.2, 0.25) is 16.0 Å². The molecule has 3 aromatic heterocycles. The Morgan fingerprint density at radius 2 is 1.88 bits per heavy atom. The van der Waals surface area contributed by atoms with Gasteiger partial charge < -0.3 is 10.6 Å². The molecule has 0 saturated heterocycles. The number of carbonyl (C=O) groups excluding carboxylic acids is 1. The number of hydrogen-bond acceptors (Lipinski definition) is 9. The number of amides is 1. The van der Waals surface area contributed by atoms with Crippen molar-refractivity contribution in [2.75, 3.05) is 11.9 Å². The second-order valence-corrected chi connectivity index (χ2v) is 11.1. The Labute approximate surface area is 245 Å². The molecule has 5 aromatic rings. The van der Waals surface area contributed by atoms with Crippen molar-refractivity contribution in [2.45, 2.75) is 24.9 Å². The molecule has 0 radical (unpaired) electrons. The van der Waals surface area contributed by atoms with E-state index in [0.717, 1.165) is 23.3 Å². The molecule has 0 bridgehead atoms. The highest BCUT2D eigenvalue weighted by Gasteiger charge is 2.16. The lowest BCUT2D eigenvalue weighted by Crippen LogP contribution is -2.27. The molecule has 0 unspecified atom stereocenters. The van der Waals surface area contributed by atoms with E-state index in [0.29, 0.717) is 34.7 Å². The smallest absolute Gasteiger partial charge is 0.251 e. The third-order valence-electron chi connectivity index (χ3n) is 6.21.